The summed E-state index contributed by atoms with van der Waals surface area (Å²) in [5.41, 5.74) is 1.82. The second-order valence-corrected chi connectivity index (χ2v) is 5.21. The number of nitriles is 1. The van der Waals surface area contributed by atoms with Crippen LogP contribution < -0.4 is 4.74 Å². The van der Waals surface area contributed by atoms with Gasteiger partial charge in [0.25, 0.3) is 0 Å². The minimum atomic E-state index is 0.131. The Bertz CT molecular complexity index is 429. The fourth-order valence-electron chi connectivity index (χ4n) is 2.58. The van der Waals surface area contributed by atoms with Gasteiger partial charge in [-0.1, -0.05) is 38.3 Å². The van der Waals surface area contributed by atoms with Crippen molar-refractivity contribution in [3.05, 3.63) is 29.8 Å². The lowest BCUT2D eigenvalue weighted by Gasteiger charge is -2.16. The molecule has 0 saturated heterocycles. The molecule has 1 fully saturated rings. The quantitative estimate of drug-likeness (QED) is 0.672. The van der Waals surface area contributed by atoms with Gasteiger partial charge < -0.3 is 4.74 Å². The molecule has 0 aliphatic heterocycles. The number of benzene rings is 1. The van der Waals surface area contributed by atoms with Crippen LogP contribution in [0.5, 0.6) is 5.75 Å². The smallest absolute Gasteiger partial charge is 0.174 e. The van der Waals surface area contributed by atoms with Gasteiger partial charge in [0.2, 0.25) is 0 Å². The molecule has 1 saturated carbocycles. The zero-order valence-electron chi connectivity index (χ0n) is 11.1. The van der Waals surface area contributed by atoms with E-state index in [2.05, 4.69) is 19.1 Å². The lowest BCUT2D eigenvalue weighted by atomic mass is 9.90. The van der Waals surface area contributed by atoms with Crippen molar-refractivity contribution in [1.29, 1.82) is 5.26 Å². The van der Waals surface area contributed by atoms with Crippen molar-refractivity contribution in [1.82, 2.24) is 0 Å². The second kappa shape index (κ2) is 5.91. The fourth-order valence-corrected chi connectivity index (χ4v) is 2.58. The molecule has 0 bridgehead atoms. The summed E-state index contributed by atoms with van der Waals surface area (Å²) in [5.74, 6) is 0.829. The number of unbranched alkanes of at least 4 members (excludes halogenated alkanes) is 2. The molecular formula is C16H21NO. The Labute approximate surface area is 110 Å². The Morgan fingerprint density at radius 3 is 2.83 bits per heavy atom. The molecule has 2 rings (SSSR count). The molecule has 0 aromatic heterocycles. The zero-order chi connectivity index (χ0) is 12.8. The Hall–Kier alpha value is -1.49. The molecule has 0 N–H and O–H groups in total. The predicted octanol–water partition coefficient (Wildman–Crippen LogP) is 4.20. The van der Waals surface area contributed by atoms with E-state index in [9.17, 15) is 0 Å². The number of hydrogen-bond acceptors (Lipinski definition) is 2. The predicted molar refractivity (Wildman–Crippen MR) is 72.6 cm³/mol. The minimum Gasteiger partial charge on any atom is -0.479 e. The number of nitrogens with zero attached hydrogens (tertiary/aromatic N) is 1. The van der Waals surface area contributed by atoms with Crippen molar-refractivity contribution < 1.29 is 4.74 Å². The highest BCUT2D eigenvalue weighted by atomic mass is 16.5. The molecule has 0 atom stereocenters. The zero-order valence-corrected chi connectivity index (χ0v) is 11.1. The first-order valence-corrected chi connectivity index (χ1v) is 6.91. The molecule has 1 aromatic carbocycles. The molecule has 0 heterocycles. The number of rotatable bonds is 7. The van der Waals surface area contributed by atoms with Gasteiger partial charge in [-0.3, -0.25) is 0 Å². The van der Waals surface area contributed by atoms with E-state index < -0.39 is 0 Å². The van der Waals surface area contributed by atoms with Crippen LogP contribution in [0.4, 0.5) is 0 Å². The van der Waals surface area contributed by atoms with Crippen molar-refractivity contribution >= 4 is 0 Å². The SMILES string of the molecule is CCCCCC1(c2cccc(OCC#N)c2)CC1. The largest absolute Gasteiger partial charge is 0.479 e. The summed E-state index contributed by atoms with van der Waals surface area (Å²) in [7, 11) is 0. The maximum atomic E-state index is 8.54. The van der Waals surface area contributed by atoms with Crippen LogP contribution in [0, 0.1) is 11.3 Å². The molecule has 0 spiro atoms. The maximum Gasteiger partial charge on any atom is 0.174 e. The van der Waals surface area contributed by atoms with Crippen LogP contribution in [0.3, 0.4) is 0 Å². The van der Waals surface area contributed by atoms with Crippen LogP contribution in [0.15, 0.2) is 24.3 Å². The molecule has 96 valence electrons. The van der Waals surface area contributed by atoms with Gasteiger partial charge in [-0.25, -0.2) is 0 Å². The molecule has 0 radical (unpaired) electrons. The van der Waals surface area contributed by atoms with E-state index in [1.165, 1.54) is 44.1 Å². The molecule has 0 amide bonds. The van der Waals surface area contributed by atoms with E-state index in [0.717, 1.165) is 5.75 Å². The molecule has 1 aliphatic rings. The Morgan fingerprint density at radius 2 is 2.17 bits per heavy atom. The molecule has 2 heteroatoms. The maximum absolute atomic E-state index is 8.54. The third-order valence-corrected chi connectivity index (χ3v) is 3.86. The highest BCUT2D eigenvalue weighted by Gasteiger charge is 2.43. The summed E-state index contributed by atoms with van der Waals surface area (Å²) in [5, 5.41) is 8.54. The van der Waals surface area contributed by atoms with E-state index in [1.807, 2.05) is 18.2 Å². The van der Waals surface area contributed by atoms with E-state index in [-0.39, 0.29) is 6.61 Å². The lowest BCUT2D eigenvalue weighted by molar-refractivity contribution is 0.367. The van der Waals surface area contributed by atoms with Gasteiger partial charge >= 0.3 is 0 Å². The first-order chi connectivity index (χ1) is 8.80. The Kier molecular flexibility index (Phi) is 4.25. The summed E-state index contributed by atoms with van der Waals surface area (Å²) in [4.78, 5) is 0. The first-order valence-electron chi connectivity index (χ1n) is 6.91. The topological polar surface area (TPSA) is 33.0 Å². The normalized spacial score (nSPS) is 16.0. The van der Waals surface area contributed by atoms with Gasteiger partial charge in [-0.15, -0.1) is 0 Å². The molecular weight excluding hydrogens is 222 g/mol. The summed E-state index contributed by atoms with van der Waals surface area (Å²) in [6, 6.07) is 10.3. The number of hydrogen-bond donors (Lipinski definition) is 0. The third-order valence-electron chi connectivity index (χ3n) is 3.86. The van der Waals surface area contributed by atoms with Crippen LogP contribution in [-0.4, -0.2) is 6.61 Å². The van der Waals surface area contributed by atoms with Gasteiger partial charge in [0.05, 0.1) is 0 Å². The lowest BCUT2D eigenvalue weighted by Crippen LogP contribution is -2.06. The molecule has 1 aromatic rings. The summed E-state index contributed by atoms with van der Waals surface area (Å²) in [6.07, 6.45) is 7.83. The molecule has 18 heavy (non-hydrogen) atoms. The average molecular weight is 243 g/mol. The van der Waals surface area contributed by atoms with E-state index in [1.54, 1.807) is 0 Å². The van der Waals surface area contributed by atoms with Crippen LogP contribution in [0.2, 0.25) is 0 Å². The Morgan fingerprint density at radius 1 is 1.33 bits per heavy atom. The first kappa shape index (κ1) is 13.0. The monoisotopic (exact) mass is 243 g/mol. The summed E-state index contributed by atoms with van der Waals surface area (Å²) >= 11 is 0. The fraction of sp³-hybridized carbons (Fsp3) is 0.562. The average Bonchev–Trinajstić information content (AvgIpc) is 3.18. The summed E-state index contributed by atoms with van der Waals surface area (Å²) in [6.45, 7) is 2.38. The van der Waals surface area contributed by atoms with E-state index in [0.29, 0.717) is 5.41 Å². The van der Waals surface area contributed by atoms with Crippen LogP contribution >= 0.6 is 0 Å². The van der Waals surface area contributed by atoms with Crippen molar-refractivity contribution in [3.8, 4) is 11.8 Å². The van der Waals surface area contributed by atoms with Crippen molar-refractivity contribution in [2.45, 2.75) is 50.9 Å². The van der Waals surface area contributed by atoms with Gasteiger partial charge in [0.15, 0.2) is 6.61 Å². The molecule has 0 unspecified atom stereocenters. The second-order valence-electron chi connectivity index (χ2n) is 5.21. The van der Waals surface area contributed by atoms with E-state index in [4.69, 9.17) is 10.00 Å². The van der Waals surface area contributed by atoms with Crippen molar-refractivity contribution in [2.24, 2.45) is 0 Å². The molecule has 2 nitrogen and oxygen atoms in total. The van der Waals surface area contributed by atoms with Crippen LogP contribution in [-0.2, 0) is 5.41 Å². The number of ether oxygens (including phenoxy) is 1. The van der Waals surface area contributed by atoms with Gasteiger partial charge in [-0.2, -0.15) is 5.26 Å². The van der Waals surface area contributed by atoms with Gasteiger partial charge in [0.1, 0.15) is 11.8 Å². The van der Waals surface area contributed by atoms with Gasteiger partial charge in [0, 0.05) is 0 Å². The highest BCUT2D eigenvalue weighted by molar-refractivity contribution is 5.37. The third kappa shape index (κ3) is 3.04. The summed E-state index contributed by atoms with van der Waals surface area (Å²) < 4.78 is 5.38. The van der Waals surface area contributed by atoms with Crippen LogP contribution in [0.25, 0.3) is 0 Å². The Balaban J connectivity index is 2.01. The van der Waals surface area contributed by atoms with Crippen LogP contribution in [0.1, 0.15) is 51.0 Å². The van der Waals surface area contributed by atoms with Gasteiger partial charge in [-0.05, 0) is 42.4 Å². The minimum absolute atomic E-state index is 0.131. The molecule has 1 aliphatic carbocycles. The standard InChI is InChI=1S/C16H21NO/c1-2-3-4-8-16(9-10-16)14-6-5-7-15(13-14)18-12-11-17/h5-7,13H,2-4,8-10,12H2,1H3. The highest BCUT2D eigenvalue weighted by Crippen LogP contribution is 2.52. The van der Waals surface area contributed by atoms with Crippen molar-refractivity contribution in [3.63, 3.8) is 0 Å². The van der Waals surface area contributed by atoms with E-state index >= 15 is 0 Å². The van der Waals surface area contributed by atoms with Crippen molar-refractivity contribution in [2.75, 3.05) is 6.61 Å².